The molecule has 168 valence electrons. The van der Waals surface area contributed by atoms with Gasteiger partial charge in [0.05, 0.1) is 17.8 Å². The van der Waals surface area contributed by atoms with Gasteiger partial charge in [-0.25, -0.2) is 0 Å². The third-order valence-corrected chi connectivity index (χ3v) is 6.05. The van der Waals surface area contributed by atoms with Crippen LogP contribution in [0.2, 0.25) is 0 Å². The molecule has 3 rings (SSSR count). The Hall–Kier alpha value is -3.13. The molecule has 2 N–H and O–H groups in total. The number of carbonyl (C=O) groups is 2. The first-order valence-electron chi connectivity index (χ1n) is 10.7. The van der Waals surface area contributed by atoms with Gasteiger partial charge in [0.1, 0.15) is 0 Å². The number of carbonyl (C=O) groups excluding carboxylic acids is 2. The first-order chi connectivity index (χ1) is 15.4. The number of hydrogen-bond acceptors (Lipinski definition) is 5. The largest absolute Gasteiger partial charge is 0.349 e. The van der Waals surface area contributed by atoms with Gasteiger partial charge in [0.25, 0.3) is 5.91 Å². The zero-order valence-electron chi connectivity index (χ0n) is 18.8. The van der Waals surface area contributed by atoms with Crippen molar-refractivity contribution in [1.82, 2.24) is 25.4 Å². The lowest BCUT2D eigenvalue weighted by molar-refractivity contribution is -0.119. The van der Waals surface area contributed by atoms with E-state index < -0.39 is 0 Å². The maximum atomic E-state index is 12.6. The van der Waals surface area contributed by atoms with Gasteiger partial charge in [0.2, 0.25) is 5.91 Å². The minimum Gasteiger partial charge on any atom is -0.349 e. The van der Waals surface area contributed by atoms with Gasteiger partial charge < -0.3 is 15.2 Å². The molecule has 8 heteroatoms. The summed E-state index contributed by atoms with van der Waals surface area (Å²) in [5, 5.41) is 15.2. The molecule has 1 heterocycles. The zero-order chi connectivity index (χ0) is 23.1. The van der Waals surface area contributed by atoms with E-state index in [1.165, 1.54) is 11.8 Å². The van der Waals surface area contributed by atoms with Crippen molar-refractivity contribution in [1.29, 1.82) is 0 Å². The average molecular weight is 452 g/mol. The molecule has 0 spiro atoms. The summed E-state index contributed by atoms with van der Waals surface area (Å²) in [4.78, 5) is 25.0. The molecular weight excluding hydrogens is 422 g/mol. The molecule has 2 atom stereocenters. The molecule has 0 aliphatic rings. The predicted molar refractivity (Wildman–Crippen MR) is 126 cm³/mol. The molecule has 0 unspecified atom stereocenters. The van der Waals surface area contributed by atoms with Crippen molar-refractivity contribution in [3.05, 3.63) is 77.1 Å². The smallest absolute Gasteiger partial charge is 0.251 e. The van der Waals surface area contributed by atoms with Crippen LogP contribution in [0, 0.1) is 6.92 Å². The van der Waals surface area contributed by atoms with Crippen molar-refractivity contribution in [2.75, 3.05) is 5.75 Å². The third kappa shape index (κ3) is 5.97. The minimum atomic E-state index is -0.322. The number of amides is 2. The third-order valence-electron chi connectivity index (χ3n) is 5.09. The molecule has 3 aromatic rings. The van der Waals surface area contributed by atoms with E-state index in [-0.39, 0.29) is 29.7 Å². The van der Waals surface area contributed by atoms with Gasteiger partial charge in [-0.05, 0) is 45.4 Å². The van der Waals surface area contributed by atoms with E-state index in [4.69, 9.17) is 0 Å². The van der Waals surface area contributed by atoms with Crippen LogP contribution in [0.4, 0.5) is 0 Å². The molecule has 0 fully saturated rings. The van der Waals surface area contributed by atoms with Crippen molar-refractivity contribution in [3.63, 3.8) is 0 Å². The summed E-state index contributed by atoms with van der Waals surface area (Å²) in [5.74, 6) is 0.669. The molecule has 0 saturated heterocycles. The Morgan fingerprint density at radius 3 is 2.44 bits per heavy atom. The summed E-state index contributed by atoms with van der Waals surface area (Å²) in [6.45, 7) is 8.42. The van der Waals surface area contributed by atoms with Crippen LogP contribution < -0.4 is 10.6 Å². The Morgan fingerprint density at radius 2 is 1.75 bits per heavy atom. The van der Waals surface area contributed by atoms with Gasteiger partial charge in [-0.2, -0.15) is 0 Å². The molecule has 0 radical (unpaired) electrons. The van der Waals surface area contributed by atoms with Gasteiger partial charge in [-0.15, -0.1) is 10.2 Å². The highest BCUT2D eigenvalue weighted by atomic mass is 32.2. The first kappa shape index (κ1) is 23.5. The summed E-state index contributed by atoms with van der Waals surface area (Å²) in [6.07, 6.45) is 0. The van der Waals surface area contributed by atoms with Crippen LogP contribution in [0.1, 0.15) is 60.2 Å². The monoisotopic (exact) mass is 451 g/mol. The fourth-order valence-electron chi connectivity index (χ4n) is 3.39. The molecule has 2 aromatic carbocycles. The Kier molecular flexibility index (Phi) is 8.05. The number of benzene rings is 2. The van der Waals surface area contributed by atoms with Crippen molar-refractivity contribution >= 4 is 23.6 Å². The van der Waals surface area contributed by atoms with E-state index >= 15 is 0 Å². The SMILES string of the molecule is CCn1c(SCC(=O)N[C@H](C)c2ccccc2)nnc1[C@@H](C)NC(=O)c1cccc(C)c1. The Labute approximate surface area is 193 Å². The number of nitrogens with one attached hydrogen (secondary N) is 2. The molecule has 0 bridgehead atoms. The van der Waals surface area contributed by atoms with Gasteiger partial charge in [0, 0.05) is 12.1 Å². The van der Waals surface area contributed by atoms with Crippen LogP contribution in [-0.4, -0.2) is 32.3 Å². The van der Waals surface area contributed by atoms with Crippen LogP contribution in [-0.2, 0) is 11.3 Å². The van der Waals surface area contributed by atoms with E-state index in [1.807, 2.05) is 80.8 Å². The normalized spacial score (nSPS) is 12.8. The highest BCUT2D eigenvalue weighted by Gasteiger charge is 2.20. The van der Waals surface area contributed by atoms with E-state index in [2.05, 4.69) is 20.8 Å². The van der Waals surface area contributed by atoms with E-state index in [0.29, 0.717) is 23.1 Å². The maximum Gasteiger partial charge on any atom is 0.251 e. The Bertz CT molecular complexity index is 1070. The average Bonchev–Trinajstić information content (AvgIpc) is 3.21. The summed E-state index contributed by atoms with van der Waals surface area (Å²) < 4.78 is 1.93. The molecule has 0 saturated carbocycles. The fraction of sp³-hybridized carbons (Fsp3) is 0.333. The van der Waals surface area contributed by atoms with Crippen molar-refractivity contribution in [3.8, 4) is 0 Å². The van der Waals surface area contributed by atoms with Crippen LogP contribution in [0.25, 0.3) is 0 Å². The molecule has 1 aromatic heterocycles. The molecule has 7 nitrogen and oxygen atoms in total. The summed E-state index contributed by atoms with van der Waals surface area (Å²) in [6, 6.07) is 16.9. The minimum absolute atomic E-state index is 0.0687. The van der Waals surface area contributed by atoms with Crippen LogP contribution in [0.3, 0.4) is 0 Å². The Morgan fingerprint density at radius 1 is 1.00 bits per heavy atom. The van der Waals surface area contributed by atoms with E-state index in [9.17, 15) is 9.59 Å². The number of thioether (sulfide) groups is 1. The quantitative estimate of drug-likeness (QED) is 0.479. The molecule has 2 amide bonds. The second-order valence-corrected chi connectivity index (χ2v) is 8.58. The van der Waals surface area contributed by atoms with Crippen LogP contribution in [0.5, 0.6) is 0 Å². The predicted octanol–water partition coefficient (Wildman–Crippen LogP) is 4.07. The van der Waals surface area contributed by atoms with Gasteiger partial charge >= 0.3 is 0 Å². The van der Waals surface area contributed by atoms with Crippen molar-refractivity contribution in [2.24, 2.45) is 0 Å². The second-order valence-electron chi connectivity index (χ2n) is 7.64. The topological polar surface area (TPSA) is 88.9 Å². The molecule has 0 aliphatic carbocycles. The first-order valence-corrected chi connectivity index (χ1v) is 11.6. The fourth-order valence-corrected chi connectivity index (χ4v) is 4.21. The highest BCUT2D eigenvalue weighted by molar-refractivity contribution is 7.99. The molecule has 32 heavy (non-hydrogen) atoms. The molecular formula is C24H29N5O2S. The highest BCUT2D eigenvalue weighted by Crippen LogP contribution is 2.21. The van der Waals surface area contributed by atoms with Gasteiger partial charge in [-0.3, -0.25) is 9.59 Å². The van der Waals surface area contributed by atoms with E-state index in [0.717, 1.165) is 11.1 Å². The number of nitrogens with zero attached hydrogens (tertiary/aromatic N) is 3. The summed E-state index contributed by atoms with van der Waals surface area (Å²) >= 11 is 1.34. The number of aromatic nitrogens is 3. The summed E-state index contributed by atoms with van der Waals surface area (Å²) in [7, 11) is 0. The van der Waals surface area contributed by atoms with Crippen LogP contribution in [0.15, 0.2) is 59.8 Å². The van der Waals surface area contributed by atoms with Crippen LogP contribution >= 0.6 is 11.8 Å². The zero-order valence-corrected chi connectivity index (χ0v) is 19.6. The van der Waals surface area contributed by atoms with Gasteiger partial charge in [-0.1, -0.05) is 59.8 Å². The Balaban J connectivity index is 1.60. The van der Waals surface area contributed by atoms with Crippen molar-refractivity contribution < 1.29 is 9.59 Å². The lowest BCUT2D eigenvalue weighted by atomic mass is 10.1. The van der Waals surface area contributed by atoms with Gasteiger partial charge in [0.15, 0.2) is 11.0 Å². The number of aryl methyl sites for hydroxylation is 1. The molecule has 0 aliphatic heterocycles. The van der Waals surface area contributed by atoms with E-state index in [1.54, 1.807) is 6.07 Å². The number of hydrogen-bond donors (Lipinski definition) is 2. The maximum absolute atomic E-state index is 12.6. The second kappa shape index (κ2) is 10.9. The standard InChI is InChI=1S/C24H29N5O2S/c1-5-29-22(18(4)26-23(31)20-13-9-10-16(2)14-20)27-28-24(29)32-15-21(30)25-17(3)19-11-7-6-8-12-19/h6-14,17-18H,5,15H2,1-4H3,(H,25,30)(H,26,31)/t17-,18-/m1/s1. The lowest BCUT2D eigenvalue weighted by Gasteiger charge is -2.16. The number of rotatable bonds is 9. The summed E-state index contributed by atoms with van der Waals surface area (Å²) in [5.41, 5.74) is 2.70. The lowest BCUT2D eigenvalue weighted by Crippen LogP contribution is -2.29. The van der Waals surface area contributed by atoms with Crippen molar-refractivity contribution in [2.45, 2.75) is 51.5 Å².